The summed E-state index contributed by atoms with van der Waals surface area (Å²) in [4.78, 5) is 18.9. The van der Waals surface area contributed by atoms with Crippen molar-refractivity contribution in [3.8, 4) is 0 Å². The molecule has 0 radical (unpaired) electrons. The zero-order valence-electron chi connectivity index (χ0n) is 12.8. The second-order valence-corrected chi connectivity index (χ2v) is 5.19. The van der Waals surface area contributed by atoms with Gasteiger partial charge in [-0.2, -0.15) is 5.10 Å². The lowest BCUT2D eigenvalue weighted by atomic mass is 10.1. The first-order valence-electron chi connectivity index (χ1n) is 7.13. The molecule has 1 amide bonds. The second-order valence-electron chi connectivity index (χ2n) is 5.19. The van der Waals surface area contributed by atoms with Gasteiger partial charge in [0.15, 0.2) is 5.65 Å². The normalized spacial score (nSPS) is 11.3. The highest BCUT2D eigenvalue weighted by Crippen LogP contribution is 2.20. The molecule has 0 aliphatic rings. The van der Waals surface area contributed by atoms with Crippen LogP contribution in [0.4, 0.5) is 0 Å². The van der Waals surface area contributed by atoms with Gasteiger partial charge in [0.25, 0.3) is 5.91 Å². The number of rotatable bonds is 4. The summed E-state index contributed by atoms with van der Waals surface area (Å²) in [5.41, 5.74) is 2.27. The van der Waals surface area contributed by atoms with Gasteiger partial charge in [-0.1, -0.05) is 0 Å². The van der Waals surface area contributed by atoms with Gasteiger partial charge in [0.05, 0.1) is 17.5 Å². The molecule has 0 atom stereocenters. The number of amides is 1. The highest BCUT2D eigenvalue weighted by atomic mass is 16.2. The second kappa shape index (κ2) is 5.61. The maximum atomic E-state index is 12.5. The van der Waals surface area contributed by atoms with Crippen LogP contribution in [0.1, 0.15) is 49.8 Å². The van der Waals surface area contributed by atoms with E-state index in [2.05, 4.69) is 23.9 Å². The van der Waals surface area contributed by atoms with E-state index in [1.807, 2.05) is 36.4 Å². The molecule has 0 saturated carbocycles. The number of fused-ring (bicyclic) bond motifs is 1. The zero-order chi connectivity index (χ0) is 14.9. The van der Waals surface area contributed by atoms with E-state index in [0.29, 0.717) is 18.7 Å². The van der Waals surface area contributed by atoms with Crippen LogP contribution in [0.5, 0.6) is 0 Å². The van der Waals surface area contributed by atoms with Crippen LogP contribution in [0.15, 0.2) is 12.3 Å². The summed E-state index contributed by atoms with van der Waals surface area (Å²) in [5, 5.41) is 5.27. The van der Waals surface area contributed by atoms with Gasteiger partial charge < -0.3 is 4.90 Å². The quantitative estimate of drug-likeness (QED) is 0.861. The van der Waals surface area contributed by atoms with Crippen molar-refractivity contribution < 1.29 is 4.79 Å². The monoisotopic (exact) mass is 274 g/mol. The maximum Gasteiger partial charge on any atom is 0.255 e. The van der Waals surface area contributed by atoms with Crippen molar-refractivity contribution in [2.75, 3.05) is 13.1 Å². The Balaban J connectivity index is 2.52. The first kappa shape index (κ1) is 14.5. The molecule has 5 heteroatoms. The van der Waals surface area contributed by atoms with Gasteiger partial charge in [0.2, 0.25) is 0 Å². The lowest BCUT2D eigenvalue weighted by Crippen LogP contribution is -2.31. The van der Waals surface area contributed by atoms with Gasteiger partial charge in [-0.15, -0.1) is 0 Å². The third kappa shape index (κ3) is 2.40. The van der Waals surface area contributed by atoms with Crippen LogP contribution in [0.2, 0.25) is 0 Å². The molecule has 108 valence electrons. The van der Waals surface area contributed by atoms with E-state index in [9.17, 15) is 4.79 Å². The molecule has 0 fully saturated rings. The van der Waals surface area contributed by atoms with Gasteiger partial charge in [-0.3, -0.25) is 4.79 Å². The Kier molecular flexibility index (Phi) is 4.06. The summed E-state index contributed by atoms with van der Waals surface area (Å²) in [5.74, 6) is 0.0409. The maximum absolute atomic E-state index is 12.5. The fourth-order valence-electron chi connectivity index (χ4n) is 2.34. The highest BCUT2D eigenvalue weighted by Gasteiger charge is 2.18. The van der Waals surface area contributed by atoms with Crippen molar-refractivity contribution in [1.29, 1.82) is 0 Å². The molecule has 0 spiro atoms. The van der Waals surface area contributed by atoms with Crippen molar-refractivity contribution in [3.05, 3.63) is 23.5 Å². The molecule has 0 N–H and O–H groups in total. The lowest BCUT2D eigenvalue weighted by Gasteiger charge is -2.19. The smallest absolute Gasteiger partial charge is 0.255 e. The number of aromatic nitrogens is 3. The average molecular weight is 274 g/mol. The topological polar surface area (TPSA) is 51.0 Å². The van der Waals surface area contributed by atoms with Crippen LogP contribution in [0, 0.1) is 6.92 Å². The first-order valence-corrected chi connectivity index (χ1v) is 7.13. The Hall–Kier alpha value is -1.91. The van der Waals surface area contributed by atoms with Crippen molar-refractivity contribution in [2.45, 2.75) is 40.7 Å². The van der Waals surface area contributed by atoms with Gasteiger partial charge in [-0.05, 0) is 40.7 Å². The number of hydrogen-bond donors (Lipinski definition) is 0. The molecule has 0 aromatic carbocycles. The minimum absolute atomic E-state index is 0.0409. The van der Waals surface area contributed by atoms with E-state index < -0.39 is 0 Å². The Labute approximate surface area is 119 Å². The van der Waals surface area contributed by atoms with E-state index >= 15 is 0 Å². The number of hydrogen-bond acceptors (Lipinski definition) is 3. The third-order valence-corrected chi connectivity index (χ3v) is 3.53. The molecule has 0 saturated heterocycles. The molecule has 20 heavy (non-hydrogen) atoms. The van der Waals surface area contributed by atoms with Crippen LogP contribution >= 0.6 is 0 Å². The fourth-order valence-corrected chi connectivity index (χ4v) is 2.34. The minimum Gasteiger partial charge on any atom is -0.339 e. The van der Waals surface area contributed by atoms with Crippen LogP contribution in [0.25, 0.3) is 11.0 Å². The fraction of sp³-hybridized carbons (Fsp3) is 0.533. The van der Waals surface area contributed by atoms with E-state index in [4.69, 9.17) is 0 Å². The van der Waals surface area contributed by atoms with Crippen molar-refractivity contribution in [2.24, 2.45) is 0 Å². The Morgan fingerprint density at radius 1 is 1.35 bits per heavy atom. The molecule has 2 aromatic heterocycles. The van der Waals surface area contributed by atoms with E-state index in [1.165, 1.54) is 0 Å². The number of pyridine rings is 1. The highest BCUT2D eigenvalue weighted by molar-refractivity contribution is 5.98. The number of nitrogens with zero attached hydrogens (tertiary/aromatic N) is 4. The third-order valence-electron chi connectivity index (χ3n) is 3.53. The van der Waals surface area contributed by atoms with Gasteiger partial charge in [0, 0.05) is 24.5 Å². The van der Waals surface area contributed by atoms with E-state index in [0.717, 1.165) is 16.7 Å². The predicted molar refractivity (Wildman–Crippen MR) is 79.9 cm³/mol. The van der Waals surface area contributed by atoms with Crippen molar-refractivity contribution >= 4 is 16.9 Å². The van der Waals surface area contributed by atoms with Gasteiger partial charge >= 0.3 is 0 Å². The molecule has 0 aliphatic heterocycles. The minimum atomic E-state index is 0.0409. The summed E-state index contributed by atoms with van der Waals surface area (Å²) < 4.78 is 1.88. The number of aryl methyl sites for hydroxylation is 1. The van der Waals surface area contributed by atoms with Gasteiger partial charge in [-0.25, -0.2) is 9.67 Å². The van der Waals surface area contributed by atoms with Crippen LogP contribution < -0.4 is 0 Å². The first-order chi connectivity index (χ1) is 9.49. The molecule has 2 aromatic rings. The summed E-state index contributed by atoms with van der Waals surface area (Å²) in [6.07, 6.45) is 1.78. The summed E-state index contributed by atoms with van der Waals surface area (Å²) in [6, 6.07) is 2.16. The Morgan fingerprint density at radius 2 is 2.00 bits per heavy atom. The molecule has 0 bridgehead atoms. The molecular formula is C15H22N4O. The molecular weight excluding hydrogens is 252 g/mol. The van der Waals surface area contributed by atoms with Gasteiger partial charge in [0.1, 0.15) is 0 Å². The summed E-state index contributed by atoms with van der Waals surface area (Å²) >= 11 is 0. The van der Waals surface area contributed by atoms with Crippen LogP contribution in [-0.2, 0) is 0 Å². The Morgan fingerprint density at radius 3 is 2.55 bits per heavy atom. The summed E-state index contributed by atoms with van der Waals surface area (Å²) in [6.45, 7) is 11.4. The van der Waals surface area contributed by atoms with Crippen LogP contribution in [-0.4, -0.2) is 38.7 Å². The molecule has 2 rings (SSSR count). The number of carbonyl (C=O) groups is 1. The van der Waals surface area contributed by atoms with E-state index in [1.54, 1.807) is 6.20 Å². The summed E-state index contributed by atoms with van der Waals surface area (Å²) in [7, 11) is 0. The molecule has 0 unspecified atom stereocenters. The van der Waals surface area contributed by atoms with Crippen LogP contribution in [0.3, 0.4) is 0 Å². The molecule has 2 heterocycles. The molecule has 0 aliphatic carbocycles. The van der Waals surface area contributed by atoms with E-state index in [-0.39, 0.29) is 11.9 Å². The van der Waals surface area contributed by atoms with Crippen molar-refractivity contribution in [1.82, 2.24) is 19.7 Å². The number of carbonyl (C=O) groups excluding carboxylic acids is 1. The predicted octanol–water partition coefficient (Wildman–Crippen LogP) is 2.80. The average Bonchev–Trinajstić information content (AvgIpc) is 2.81. The molecule has 5 nitrogen and oxygen atoms in total. The zero-order valence-corrected chi connectivity index (χ0v) is 12.8. The Bertz CT molecular complexity index is 626. The largest absolute Gasteiger partial charge is 0.339 e. The standard InChI is InChI=1S/C15H22N4O/c1-6-18(7-2)15(20)13-8-12-9-16-19(10(3)4)14(12)17-11(13)5/h8-10H,6-7H2,1-5H3. The lowest BCUT2D eigenvalue weighted by molar-refractivity contribution is 0.0772. The SMILES string of the molecule is CCN(CC)C(=O)c1cc2cnn(C(C)C)c2nc1C. The van der Waals surface area contributed by atoms with Crippen molar-refractivity contribution in [3.63, 3.8) is 0 Å².